The second kappa shape index (κ2) is 16.6. The van der Waals surface area contributed by atoms with E-state index in [1.807, 2.05) is 11.8 Å². The monoisotopic (exact) mass is 574 g/mol. The number of thioether (sulfide) groups is 1. The van der Waals surface area contributed by atoms with Crippen molar-refractivity contribution in [2.24, 2.45) is 0 Å². The molecule has 2 aliphatic rings. The van der Waals surface area contributed by atoms with Crippen LogP contribution in [-0.4, -0.2) is 96.0 Å². The number of methoxy groups -OCH3 is 2. The first kappa shape index (κ1) is 31.1. The highest BCUT2D eigenvalue weighted by atomic mass is 32.2. The second-order valence-electron chi connectivity index (χ2n) is 10.5. The zero-order valence-corrected chi connectivity index (χ0v) is 25.0. The van der Waals surface area contributed by atoms with Gasteiger partial charge in [0.05, 0.1) is 50.4 Å². The van der Waals surface area contributed by atoms with E-state index in [-0.39, 0.29) is 18.1 Å². The number of rotatable bonds is 16. The van der Waals surface area contributed by atoms with Crippen LogP contribution in [0.25, 0.3) is 0 Å². The Hall–Kier alpha value is -1.85. The van der Waals surface area contributed by atoms with Gasteiger partial charge in [0, 0.05) is 57.9 Å². The number of anilines is 1. The van der Waals surface area contributed by atoms with E-state index in [1.54, 1.807) is 21.1 Å². The van der Waals surface area contributed by atoms with E-state index in [0.717, 1.165) is 74.3 Å². The Bertz CT molecular complexity index is 1010. The van der Waals surface area contributed by atoms with Crippen molar-refractivity contribution in [1.82, 2.24) is 5.32 Å². The van der Waals surface area contributed by atoms with E-state index in [9.17, 15) is 5.11 Å². The molecule has 2 aliphatic heterocycles. The third kappa shape index (κ3) is 9.08. The summed E-state index contributed by atoms with van der Waals surface area (Å²) in [5.74, 6) is 2.93. The lowest BCUT2D eigenvalue weighted by Crippen LogP contribution is -2.51. The van der Waals surface area contributed by atoms with Crippen LogP contribution in [0.2, 0.25) is 0 Å². The van der Waals surface area contributed by atoms with E-state index in [1.165, 1.54) is 11.1 Å². The molecule has 222 valence electrons. The number of aliphatic hydroxyl groups excluding tert-OH is 1. The first-order chi connectivity index (χ1) is 19.6. The Balaban J connectivity index is 1.45. The Labute approximate surface area is 243 Å². The summed E-state index contributed by atoms with van der Waals surface area (Å²) in [4.78, 5) is 2.38. The van der Waals surface area contributed by atoms with Crippen LogP contribution in [0, 0.1) is 0 Å². The maximum absolute atomic E-state index is 9.89. The van der Waals surface area contributed by atoms with Crippen LogP contribution in [0.4, 0.5) is 5.69 Å². The van der Waals surface area contributed by atoms with E-state index in [2.05, 4.69) is 52.7 Å². The molecule has 0 aliphatic carbocycles. The number of fused-ring (bicyclic) bond motifs is 1. The maximum atomic E-state index is 9.89. The smallest absolute Gasteiger partial charge is 0.142 e. The average Bonchev–Trinajstić information content (AvgIpc) is 2.98. The minimum absolute atomic E-state index is 0.0571. The zero-order chi connectivity index (χ0) is 28.2. The van der Waals surface area contributed by atoms with Gasteiger partial charge in [-0.05, 0) is 42.2 Å². The number of piperidine rings is 1. The molecule has 1 unspecified atom stereocenters. The molecular formula is C31H46N2O6S. The van der Waals surface area contributed by atoms with Crippen LogP contribution in [0.1, 0.15) is 36.0 Å². The largest absolute Gasteiger partial charge is 0.490 e. The molecule has 1 saturated heterocycles. The summed E-state index contributed by atoms with van der Waals surface area (Å²) in [6, 6.07) is 15.2. The summed E-state index contributed by atoms with van der Waals surface area (Å²) in [5.41, 5.74) is 4.74. The van der Waals surface area contributed by atoms with Gasteiger partial charge >= 0.3 is 0 Å². The van der Waals surface area contributed by atoms with Crippen LogP contribution in [0.3, 0.4) is 0 Å². The maximum Gasteiger partial charge on any atom is 0.142 e. The quantitative estimate of drug-likeness (QED) is 0.291. The Morgan fingerprint density at radius 3 is 2.52 bits per heavy atom. The Morgan fingerprint density at radius 2 is 1.77 bits per heavy atom. The van der Waals surface area contributed by atoms with Gasteiger partial charge in [0.25, 0.3) is 0 Å². The van der Waals surface area contributed by atoms with Gasteiger partial charge in [0.2, 0.25) is 0 Å². The predicted molar refractivity (Wildman–Crippen MR) is 161 cm³/mol. The number of benzene rings is 2. The predicted octanol–water partition coefficient (Wildman–Crippen LogP) is 3.84. The third-order valence-corrected chi connectivity index (χ3v) is 8.32. The topological polar surface area (TPSA) is 81.7 Å². The molecule has 0 aromatic heterocycles. The fraction of sp³-hybridized carbons (Fsp3) is 0.613. The fourth-order valence-corrected chi connectivity index (χ4v) is 6.15. The molecule has 0 saturated carbocycles. The van der Waals surface area contributed by atoms with Gasteiger partial charge in [-0.3, -0.25) is 0 Å². The standard InChI is InChI=1S/C31H46N2O6S/c1-23(34)20-38-29-18-32-19-30(31(29)26-8-5-24(6-9-26)22-40-16-15-36-3)39-21-25-7-10-28-27(17-25)33(12-14-37-28)11-4-13-35-2/h5-10,17,23,29-32,34H,4,11-16,18-22H2,1-3H3/t23-,29-,30+,31?/m1/s1. The SMILES string of the molecule is COCCCN1CCOc2ccc(CO[C@H]3CNC[C@@H](OC[C@@H](C)O)C3c3ccc(CSCCOC)cc3)cc21. The van der Waals surface area contributed by atoms with Crippen molar-refractivity contribution >= 4 is 17.4 Å². The fourth-order valence-electron chi connectivity index (χ4n) is 5.29. The van der Waals surface area contributed by atoms with E-state index >= 15 is 0 Å². The summed E-state index contributed by atoms with van der Waals surface area (Å²) in [7, 11) is 3.48. The van der Waals surface area contributed by atoms with Gasteiger partial charge in [0.15, 0.2) is 0 Å². The Kier molecular flexibility index (Phi) is 12.9. The number of nitrogens with zero attached hydrogens (tertiary/aromatic N) is 1. The number of hydrogen-bond donors (Lipinski definition) is 2. The number of nitrogens with one attached hydrogen (secondary N) is 1. The second-order valence-corrected chi connectivity index (χ2v) is 11.6. The van der Waals surface area contributed by atoms with Crippen molar-refractivity contribution in [2.45, 2.75) is 49.9 Å². The van der Waals surface area contributed by atoms with E-state index in [0.29, 0.717) is 19.8 Å². The molecule has 0 radical (unpaired) electrons. The molecule has 8 nitrogen and oxygen atoms in total. The van der Waals surface area contributed by atoms with E-state index in [4.69, 9.17) is 23.7 Å². The van der Waals surface area contributed by atoms with Crippen LogP contribution in [0.15, 0.2) is 42.5 Å². The highest BCUT2D eigenvalue weighted by Gasteiger charge is 2.36. The lowest BCUT2D eigenvalue weighted by atomic mass is 9.85. The van der Waals surface area contributed by atoms with Gasteiger partial charge in [-0.25, -0.2) is 0 Å². The molecular weight excluding hydrogens is 528 g/mol. The zero-order valence-electron chi connectivity index (χ0n) is 24.2. The number of hydrogen-bond acceptors (Lipinski definition) is 9. The van der Waals surface area contributed by atoms with Crippen molar-refractivity contribution < 1.29 is 28.8 Å². The molecule has 9 heteroatoms. The van der Waals surface area contributed by atoms with Gasteiger partial charge in [-0.2, -0.15) is 11.8 Å². The van der Waals surface area contributed by atoms with Crippen LogP contribution in [-0.2, 0) is 31.3 Å². The molecule has 4 atom stereocenters. The lowest BCUT2D eigenvalue weighted by molar-refractivity contribution is -0.0752. The van der Waals surface area contributed by atoms with Crippen LogP contribution >= 0.6 is 11.8 Å². The minimum Gasteiger partial charge on any atom is -0.490 e. The summed E-state index contributed by atoms with van der Waals surface area (Å²) in [6.07, 6.45) is 0.297. The van der Waals surface area contributed by atoms with Crippen LogP contribution < -0.4 is 15.0 Å². The van der Waals surface area contributed by atoms with Crippen molar-refractivity contribution in [3.8, 4) is 5.75 Å². The molecule has 0 spiro atoms. The summed E-state index contributed by atoms with van der Waals surface area (Å²) in [6.45, 7) is 8.04. The highest BCUT2D eigenvalue weighted by Crippen LogP contribution is 2.35. The molecule has 4 rings (SSSR count). The van der Waals surface area contributed by atoms with Gasteiger partial charge in [0.1, 0.15) is 12.4 Å². The van der Waals surface area contributed by atoms with Crippen molar-refractivity contribution in [2.75, 3.05) is 77.5 Å². The van der Waals surface area contributed by atoms with Gasteiger partial charge < -0.3 is 39.0 Å². The molecule has 0 bridgehead atoms. The normalized spacial score (nSPS) is 21.6. The van der Waals surface area contributed by atoms with Gasteiger partial charge in [-0.1, -0.05) is 30.3 Å². The first-order valence-electron chi connectivity index (χ1n) is 14.4. The molecule has 2 heterocycles. The lowest BCUT2D eigenvalue weighted by Gasteiger charge is -2.39. The van der Waals surface area contributed by atoms with E-state index < -0.39 is 6.10 Å². The molecule has 2 aromatic carbocycles. The molecule has 40 heavy (non-hydrogen) atoms. The average molecular weight is 575 g/mol. The summed E-state index contributed by atoms with van der Waals surface area (Å²) in [5, 5.41) is 13.4. The molecule has 2 aromatic rings. The van der Waals surface area contributed by atoms with Crippen molar-refractivity contribution in [3.05, 3.63) is 59.2 Å². The summed E-state index contributed by atoms with van der Waals surface area (Å²) >= 11 is 1.87. The number of ether oxygens (including phenoxy) is 5. The Morgan fingerprint density at radius 1 is 1.02 bits per heavy atom. The summed E-state index contributed by atoms with van der Waals surface area (Å²) < 4.78 is 29.2. The number of aliphatic hydroxyl groups is 1. The van der Waals surface area contributed by atoms with Crippen LogP contribution in [0.5, 0.6) is 5.75 Å². The molecule has 0 amide bonds. The third-order valence-electron chi connectivity index (χ3n) is 7.33. The molecule has 2 N–H and O–H groups in total. The highest BCUT2D eigenvalue weighted by molar-refractivity contribution is 7.98. The molecule has 1 fully saturated rings. The van der Waals surface area contributed by atoms with Crippen molar-refractivity contribution in [3.63, 3.8) is 0 Å². The minimum atomic E-state index is -0.516. The first-order valence-corrected chi connectivity index (χ1v) is 15.5. The van der Waals surface area contributed by atoms with Crippen molar-refractivity contribution in [1.29, 1.82) is 0 Å². The van der Waals surface area contributed by atoms with Gasteiger partial charge in [-0.15, -0.1) is 0 Å².